The summed E-state index contributed by atoms with van der Waals surface area (Å²) in [4.78, 5) is 30.2. The third kappa shape index (κ3) is 4.90. The van der Waals surface area contributed by atoms with Crippen molar-refractivity contribution >= 4 is 51.5 Å². The number of aromatic nitrogens is 6. The van der Waals surface area contributed by atoms with Crippen LogP contribution in [0, 0.1) is 0 Å². The van der Waals surface area contributed by atoms with E-state index in [9.17, 15) is 9.59 Å². The van der Waals surface area contributed by atoms with E-state index in [1.807, 2.05) is 54.6 Å². The summed E-state index contributed by atoms with van der Waals surface area (Å²) >= 11 is 1.17. The zero-order valence-corrected chi connectivity index (χ0v) is 21.2. The van der Waals surface area contributed by atoms with Crippen molar-refractivity contribution in [1.82, 2.24) is 29.5 Å². The molecule has 1 N–H and O–H groups in total. The molecule has 3 aromatic heterocycles. The minimum absolute atomic E-state index is 0.0173. The van der Waals surface area contributed by atoms with Crippen molar-refractivity contribution in [3.05, 3.63) is 66.4 Å². The van der Waals surface area contributed by atoms with E-state index in [2.05, 4.69) is 32.1 Å². The van der Waals surface area contributed by atoms with Crippen LogP contribution in [-0.4, -0.2) is 53.8 Å². The van der Waals surface area contributed by atoms with Crippen LogP contribution in [-0.2, 0) is 16.1 Å². The van der Waals surface area contributed by atoms with Crippen LogP contribution in [0.5, 0.6) is 0 Å². The molecule has 0 bridgehead atoms. The van der Waals surface area contributed by atoms with E-state index in [0.29, 0.717) is 10.8 Å². The molecule has 0 radical (unpaired) electrons. The lowest BCUT2D eigenvalue weighted by molar-refractivity contribution is -0.113. The van der Waals surface area contributed by atoms with Crippen molar-refractivity contribution in [2.45, 2.75) is 32.0 Å². The fraction of sp³-hybridized carbons (Fsp3) is 0.231. The topological polar surface area (TPSA) is 117 Å². The first-order valence-electron chi connectivity index (χ1n) is 12.0. The number of carbonyl (C=O) groups excluding carboxylic acids is 2. The monoisotopic (exact) mass is 515 g/mol. The summed E-state index contributed by atoms with van der Waals surface area (Å²) in [7, 11) is 0. The molecular formula is C26H25N7O3S. The minimum Gasteiger partial charge on any atom is -0.462 e. The Kier molecular flexibility index (Phi) is 7.13. The molecule has 0 unspecified atom stereocenters. The maximum absolute atomic E-state index is 13.0. The number of aryl methyl sites for hydroxylation is 1. The van der Waals surface area contributed by atoms with Crippen LogP contribution in [0.25, 0.3) is 27.8 Å². The fourth-order valence-corrected chi connectivity index (χ4v) is 4.67. The lowest BCUT2D eigenvalue weighted by Crippen LogP contribution is -2.19. The number of amides is 1. The van der Waals surface area contributed by atoms with Crippen LogP contribution >= 0.6 is 11.8 Å². The second kappa shape index (κ2) is 10.8. The molecule has 37 heavy (non-hydrogen) atoms. The Labute approximate surface area is 217 Å². The Hall–Kier alpha value is -4.25. The van der Waals surface area contributed by atoms with Gasteiger partial charge in [-0.05, 0) is 31.5 Å². The maximum Gasteiger partial charge on any atom is 0.343 e. The van der Waals surface area contributed by atoms with Gasteiger partial charge in [0.15, 0.2) is 11.5 Å². The van der Waals surface area contributed by atoms with Crippen LogP contribution in [0.4, 0.5) is 5.82 Å². The smallest absolute Gasteiger partial charge is 0.343 e. The number of benzene rings is 2. The van der Waals surface area contributed by atoms with Gasteiger partial charge in [0.1, 0.15) is 11.1 Å². The van der Waals surface area contributed by atoms with E-state index < -0.39 is 5.97 Å². The highest BCUT2D eigenvalue weighted by atomic mass is 32.2. The molecule has 0 aliphatic carbocycles. The Morgan fingerprint density at radius 3 is 2.59 bits per heavy atom. The molecule has 11 heteroatoms. The maximum atomic E-state index is 13.0. The van der Waals surface area contributed by atoms with Gasteiger partial charge in [-0.15, -0.1) is 10.2 Å². The standard InChI is InChI=1S/C26H25N7O3S/c1-3-14-32-20-13-9-8-12-18(20)22-24(32)29-26(31-30-22)37-16-21(34)28-23-19(25(35)36-4-2)15-27-33(23)17-10-6-5-7-11-17/h5-13,15H,3-4,14,16H2,1-2H3,(H,28,34). The number of rotatable bonds is 9. The number of hydrogen-bond donors (Lipinski definition) is 1. The fourth-order valence-electron chi connectivity index (χ4n) is 4.09. The predicted octanol–water partition coefficient (Wildman–Crippen LogP) is 4.48. The molecule has 0 spiro atoms. The van der Waals surface area contributed by atoms with Gasteiger partial charge in [0, 0.05) is 11.9 Å². The molecular weight excluding hydrogens is 490 g/mol. The molecule has 5 rings (SSSR count). The van der Waals surface area contributed by atoms with E-state index in [0.717, 1.165) is 35.0 Å². The molecule has 3 heterocycles. The summed E-state index contributed by atoms with van der Waals surface area (Å²) in [5, 5.41) is 17.2. The number of para-hydroxylation sites is 2. The van der Waals surface area contributed by atoms with Crippen LogP contribution in [0.15, 0.2) is 66.0 Å². The summed E-state index contributed by atoms with van der Waals surface area (Å²) in [5.74, 6) is -0.642. The largest absolute Gasteiger partial charge is 0.462 e. The summed E-state index contributed by atoms with van der Waals surface area (Å²) in [6, 6.07) is 17.2. The quantitative estimate of drug-likeness (QED) is 0.226. The van der Waals surface area contributed by atoms with Gasteiger partial charge in [-0.2, -0.15) is 5.10 Å². The van der Waals surface area contributed by atoms with Gasteiger partial charge >= 0.3 is 5.97 Å². The number of esters is 1. The molecule has 0 aliphatic rings. The highest BCUT2D eigenvalue weighted by Gasteiger charge is 2.22. The van der Waals surface area contributed by atoms with Crippen LogP contribution in [0.2, 0.25) is 0 Å². The lowest BCUT2D eigenvalue weighted by atomic mass is 10.2. The van der Waals surface area contributed by atoms with E-state index in [1.165, 1.54) is 22.6 Å². The van der Waals surface area contributed by atoms with Crippen LogP contribution in [0.3, 0.4) is 0 Å². The summed E-state index contributed by atoms with van der Waals surface area (Å²) in [6.45, 7) is 4.84. The van der Waals surface area contributed by atoms with Gasteiger partial charge < -0.3 is 14.6 Å². The highest BCUT2D eigenvalue weighted by molar-refractivity contribution is 7.99. The van der Waals surface area contributed by atoms with Crippen molar-refractivity contribution in [3.63, 3.8) is 0 Å². The van der Waals surface area contributed by atoms with Gasteiger partial charge in [-0.3, -0.25) is 4.79 Å². The number of carbonyl (C=O) groups is 2. The molecule has 188 valence electrons. The van der Waals surface area contributed by atoms with Gasteiger partial charge in [-0.25, -0.2) is 14.5 Å². The minimum atomic E-state index is -0.561. The molecule has 0 saturated heterocycles. The number of fused-ring (bicyclic) bond motifs is 3. The van der Waals surface area contributed by atoms with Gasteiger partial charge in [0.25, 0.3) is 0 Å². The first-order valence-corrected chi connectivity index (χ1v) is 12.9. The Bertz CT molecular complexity index is 1580. The van der Waals surface area contributed by atoms with Gasteiger partial charge in [0.05, 0.1) is 29.8 Å². The van der Waals surface area contributed by atoms with E-state index in [4.69, 9.17) is 9.72 Å². The SMILES string of the molecule is CCCn1c2ccccc2c2nnc(SCC(=O)Nc3c(C(=O)OCC)cnn3-c3ccccc3)nc21. The number of nitrogens with one attached hydrogen (secondary N) is 1. The molecule has 10 nitrogen and oxygen atoms in total. The first kappa shape index (κ1) is 24.4. The molecule has 2 aromatic carbocycles. The average molecular weight is 516 g/mol. The van der Waals surface area contributed by atoms with Gasteiger partial charge in [0.2, 0.25) is 11.1 Å². The van der Waals surface area contributed by atoms with Crippen molar-refractivity contribution in [1.29, 1.82) is 0 Å². The summed E-state index contributed by atoms with van der Waals surface area (Å²) in [6.07, 6.45) is 2.34. The molecule has 5 aromatic rings. The van der Waals surface area contributed by atoms with Crippen LogP contribution < -0.4 is 5.32 Å². The number of ether oxygens (including phenoxy) is 1. The zero-order valence-electron chi connectivity index (χ0n) is 20.4. The predicted molar refractivity (Wildman–Crippen MR) is 142 cm³/mol. The van der Waals surface area contributed by atoms with Crippen molar-refractivity contribution in [2.24, 2.45) is 0 Å². The third-order valence-corrected chi connectivity index (χ3v) is 6.49. The molecule has 0 fully saturated rings. The molecule has 0 aliphatic heterocycles. The average Bonchev–Trinajstić information content (AvgIpc) is 3.47. The number of nitrogens with zero attached hydrogens (tertiary/aromatic N) is 6. The van der Waals surface area contributed by atoms with E-state index in [-0.39, 0.29) is 29.6 Å². The lowest BCUT2D eigenvalue weighted by Gasteiger charge is -2.11. The first-order chi connectivity index (χ1) is 18.1. The molecule has 0 saturated carbocycles. The van der Waals surface area contributed by atoms with Gasteiger partial charge in [-0.1, -0.05) is 55.1 Å². The van der Waals surface area contributed by atoms with E-state index >= 15 is 0 Å². The third-order valence-electron chi connectivity index (χ3n) is 5.66. The van der Waals surface area contributed by atoms with Crippen LogP contribution in [0.1, 0.15) is 30.6 Å². The Balaban J connectivity index is 1.38. The number of anilines is 1. The summed E-state index contributed by atoms with van der Waals surface area (Å²) < 4.78 is 8.78. The summed E-state index contributed by atoms with van der Waals surface area (Å²) in [5.41, 5.74) is 3.41. The Morgan fingerprint density at radius 2 is 1.81 bits per heavy atom. The van der Waals surface area contributed by atoms with Crippen molar-refractivity contribution in [3.8, 4) is 5.69 Å². The molecule has 1 amide bonds. The number of hydrogen-bond acceptors (Lipinski definition) is 8. The highest BCUT2D eigenvalue weighted by Crippen LogP contribution is 2.28. The second-order valence-electron chi connectivity index (χ2n) is 8.15. The normalized spacial score (nSPS) is 11.2. The Morgan fingerprint density at radius 1 is 1.03 bits per heavy atom. The van der Waals surface area contributed by atoms with E-state index in [1.54, 1.807) is 6.92 Å². The van der Waals surface area contributed by atoms with Crippen molar-refractivity contribution < 1.29 is 14.3 Å². The molecule has 0 atom stereocenters. The number of thioether (sulfide) groups is 1. The van der Waals surface area contributed by atoms with Crippen molar-refractivity contribution in [2.75, 3.05) is 17.7 Å². The second-order valence-corrected chi connectivity index (χ2v) is 9.09. The zero-order chi connectivity index (χ0) is 25.8.